The molecule has 1 aliphatic carbocycles. The molecule has 0 unspecified atom stereocenters. The van der Waals surface area contributed by atoms with Crippen LogP contribution in [0.3, 0.4) is 0 Å². The maximum Gasteiger partial charge on any atom is 0.247 e. The third kappa shape index (κ3) is 2.23. The lowest BCUT2D eigenvalue weighted by Gasteiger charge is -2.26. The largest absolute Gasteiger partial charge is 0.423 e. The molecule has 18 heavy (non-hydrogen) atoms. The minimum atomic E-state index is 0.573. The van der Waals surface area contributed by atoms with E-state index in [0.717, 1.165) is 18.0 Å². The predicted octanol–water partition coefficient (Wildman–Crippen LogP) is 3.26. The molecule has 0 aliphatic heterocycles. The molecule has 1 aromatic carbocycles. The number of rotatable bonds is 4. The molecule has 0 bridgehead atoms. The van der Waals surface area contributed by atoms with Crippen molar-refractivity contribution in [1.29, 1.82) is 0 Å². The number of anilines is 1. The van der Waals surface area contributed by atoms with E-state index in [4.69, 9.17) is 4.42 Å². The maximum atomic E-state index is 5.20. The molecule has 1 aromatic heterocycles. The Morgan fingerprint density at radius 3 is 2.89 bits per heavy atom. The van der Waals surface area contributed by atoms with Gasteiger partial charge in [0.2, 0.25) is 12.3 Å². The van der Waals surface area contributed by atoms with Crippen LogP contribution in [-0.4, -0.2) is 16.7 Å². The van der Waals surface area contributed by atoms with E-state index in [1.807, 2.05) is 6.07 Å². The number of aromatic nitrogens is 2. The van der Waals surface area contributed by atoms with Gasteiger partial charge in [0, 0.05) is 17.8 Å². The van der Waals surface area contributed by atoms with Crippen LogP contribution >= 0.6 is 0 Å². The van der Waals surface area contributed by atoms with Crippen molar-refractivity contribution in [3.8, 4) is 11.5 Å². The zero-order valence-electron chi connectivity index (χ0n) is 10.5. The first-order valence-corrected chi connectivity index (χ1v) is 6.44. The summed E-state index contributed by atoms with van der Waals surface area (Å²) in [6.07, 6.45) is 5.48. The fourth-order valence-electron chi connectivity index (χ4n) is 2.25. The average Bonchev–Trinajstić information content (AvgIpc) is 2.82. The number of hydrogen-bond acceptors (Lipinski definition) is 4. The van der Waals surface area contributed by atoms with Gasteiger partial charge in [0.1, 0.15) is 0 Å². The highest BCUT2D eigenvalue weighted by atomic mass is 16.4. The molecule has 1 saturated carbocycles. The Morgan fingerprint density at radius 2 is 2.28 bits per heavy atom. The predicted molar refractivity (Wildman–Crippen MR) is 70.3 cm³/mol. The van der Waals surface area contributed by atoms with Crippen LogP contribution in [0, 0.1) is 12.8 Å². The van der Waals surface area contributed by atoms with E-state index >= 15 is 0 Å². The second-order valence-electron chi connectivity index (χ2n) is 4.95. The van der Waals surface area contributed by atoms with Crippen LogP contribution in [0.1, 0.15) is 24.8 Å². The highest BCUT2D eigenvalue weighted by Gasteiger charge is 2.17. The standard InChI is InChI=1S/C14H17N3O/c1-10-7-12(14-17-16-9-18-14)5-6-13(10)15-8-11-3-2-4-11/h5-7,9,11,15H,2-4,8H2,1H3. The van der Waals surface area contributed by atoms with Gasteiger partial charge in [-0.25, -0.2) is 0 Å². The molecule has 1 heterocycles. The molecule has 2 aromatic rings. The van der Waals surface area contributed by atoms with Gasteiger partial charge >= 0.3 is 0 Å². The third-order valence-corrected chi connectivity index (χ3v) is 3.64. The topological polar surface area (TPSA) is 51.0 Å². The number of hydrogen-bond donors (Lipinski definition) is 1. The Bertz CT molecular complexity index is 518. The number of nitrogens with one attached hydrogen (secondary N) is 1. The van der Waals surface area contributed by atoms with Gasteiger partial charge in [0.15, 0.2) is 0 Å². The molecule has 1 N–H and O–H groups in total. The number of nitrogens with zero attached hydrogens (tertiary/aromatic N) is 2. The summed E-state index contributed by atoms with van der Waals surface area (Å²) in [5, 5.41) is 11.1. The highest BCUT2D eigenvalue weighted by Crippen LogP contribution is 2.28. The average molecular weight is 243 g/mol. The van der Waals surface area contributed by atoms with Gasteiger partial charge in [-0.15, -0.1) is 10.2 Å². The van der Waals surface area contributed by atoms with Crippen molar-refractivity contribution in [2.75, 3.05) is 11.9 Å². The van der Waals surface area contributed by atoms with E-state index in [0.29, 0.717) is 5.89 Å². The van der Waals surface area contributed by atoms with Crippen LogP contribution in [0.25, 0.3) is 11.5 Å². The van der Waals surface area contributed by atoms with Crippen LogP contribution in [0.5, 0.6) is 0 Å². The summed E-state index contributed by atoms with van der Waals surface area (Å²) < 4.78 is 5.20. The van der Waals surface area contributed by atoms with Crippen molar-refractivity contribution >= 4 is 5.69 Å². The van der Waals surface area contributed by atoms with Crippen molar-refractivity contribution in [1.82, 2.24) is 10.2 Å². The first-order chi connectivity index (χ1) is 8.83. The van der Waals surface area contributed by atoms with Crippen molar-refractivity contribution in [3.63, 3.8) is 0 Å². The van der Waals surface area contributed by atoms with Gasteiger partial charge in [-0.1, -0.05) is 6.42 Å². The van der Waals surface area contributed by atoms with Gasteiger partial charge in [0.05, 0.1) is 0 Å². The van der Waals surface area contributed by atoms with E-state index in [1.54, 1.807) is 0 Å². The zero-order chi connectivity index (χ0) is 12.4. The van der Waals surface area contributed by atoms with Gasteiger partial charge in [-0.05, 0) is 49.4 Å². The lowest BCUT2D eigenvalue weighted by molar-refractivity contribution is 0.333. The molecule has 0 spiro atoms. The molecular weight excluding hydrogens is 226 g/mol. The fraction of sp³-hybridized carbons (Fsp3) is 0.429. The molecule has 3 rings (SSSR count). The third-order valence-electron chi connectivity index (χ3n) is 3.64. The Labute approximate surface area is 106 Å². The molecule has 0 atom stereocenters. The maximum absolute atomic E-state index is 5.20. The summed E-state index contributed by atoms with van der Waals surface area (Å²) in [5.74, 6) is 1.43. The minimum absolute atomic E-state index is 0.573. The highest BCUT2D eigenvalue weighted by molar-refractivity contribution is 5.62. The van der Waals surface area contributed by atoms with E-state index in [9.17, 15) is 0 Å². The Balaban J connectivity index is 1.72. The summed E-state index contributed by atoms with van der Waals surface area (Å²) in [4.78, 5) is 0. The molecule has 0 radical (unpaired) electrons. The molecular formula is C14H17N3O. The summed E-state index contributed by atoms with van der Waals surface area (Å²) in [6.45, 7) is 3.18. The summed E-state index contributed by atoms with van der Waals surface area (Å²) in [7, 11) is 0. The van der Waals surface area contributed by atoms with Crippen LogP contribution in [0.15, 0.2) is 29.0 Å². The van der Waals surface area contributed by atoms with Crippen molar-refractivity contribution < 1.29 is 4.42 Å². The molecule has 1 fully saturated rings. The smallest absolute Gasteiger partial charge is 0.247 e. The van der Waals surface area contributed by atoms with Crippen LogP contribution in [-0.2, 0) is 0 Å². The minimum Gasteiger partial charge on any atom is -0.423 e. The molecule has 4 heteroatoms. The second-order valence-corrected chi connectivity index (χ2v) is 4.95. The van der Waals surface area contributed by atoms with Crippen LogP contribution < -0.4 is 5.32 Å². The first-order valence-electron chi connectivity index (χ1n) is 6.44. The number of aryl methyl sites for hydroxylation is 1. The fourth-order valence-corrected chi connectivity index (χ4v) is 2.25. The summed E-state index contributed by atoms with van der Waals surface area (Å²) in [5.41, 5.74) is 3.38. The molecule has 4 nitrogen and oxygen atoms in total. The quantitative estimate of drug-likeness (QED) is 0.895. The lowest BCUT2D eigenvalue weighted by Crippen LogP contribution is -2.21. The first kappa shape index (κ1) is 11.3. The van der Waals surface area contributed by atoms with E-state index in [2.05, 4.69) is 34.6 Å². The lowest BCUT2D eigenvalue weighted by atomic mass is 9.85. The Hall–Kier alpha value is -1.84. The van der Waals surface area contributed by atoms with E-state index in [-0.39, 0.29) is 0 Å². The van der Waals surface area contributed by atoms with Crippen LogP contribution in [0.2, 0.25) is 0 Å². The van der Waals surface area contributed by atoms with Gasteiger partial charge in [-0.2, -0.15) is 0 Å². The van der Waals surface area contributed by atoms with Crippen molar-refractivity contribution in [2.45, 2.75) is 26.2 Å². The number of benzene rings is 1. The summed E-state index contributed by atoms with van der Waals surface area (Å²) in [6, 6.07) is 6.19. The molecule has 0 saturated heterocycles. The Morgan fingerprint density at radius 1 is 1.39 bits per heavy atom. The monoisotopic (exact) mass is 243 g/mol. The van der Waals surface area contributed by atoms with Crippen LogP contribution in [0.4, 0.5) is 5.69 Å². The van der Waals surface area contributed by atoms with E-state index in [1.165, 1.54) is 36.9 Å². The molecule has 94 valence electrons. The van der Waals surface area contributed by atoms with Gasteiger partial charge < -0.3 is 9.73 Å². The normalized spacial score (nSPS) is 15.4. The molecule has 0 amide bonds. The van der Waals surface area contributed by atoms with Gasteiger partial charge in [-0.3, -0.25) is 0 Å². The SMILES string of the molecule is Cc1cc(-c2nnco2)ccc1NCC1CCC1. The van der Waals surface area contributed by atoms with Crippen molar-refractivity contribution in [2.24, 2.45) is 5.92 Å². The Kier molecular flexibility index (Phi) is 3.00. The van der Waals surface area contributed by atoms with E-state index < -0.39 is 0 Å². The van der Waals surface area contributed by atoms with Gasteiger partial charge in [0.25, 0.3) is 0 Å². The second kappa shape index (κ2) is 4.80. The van der Waals surface area contributed by atoms with Crippen molar-refractivity contribution in [3.05, 3.63) is 30.2 Å². The summed E-state index contributed by atoms with van der Waals surface area (Å²) >= 11 is 0. The zero-order valence-corrected chi connectivity index (χ0v) is 10.5. The molecule has 1 aliphatic rings.